The highest BCUT2D eigenvalue weighted by Crippen LogP contribution is 2.28. The summed E-state index contributed by atoms with van der Waals surface area (Å²) in [5, 5.41) is 8.58. The Hall–Kier alpha value is -0.990. The molecule has 0 aliphatic heterocycles. The summed E-state index contributed by atoms with van der Waals surface area (Å²) in [4.78, 5) is 14.1. The molecular formula is C8H7F2IN2O2. The molecule has 15 heavy (non-hydrogen) atoms. The number of hydrogen-bond acceptors (Lipinski definition) is 3. The van der Waals surface area contributed by atoms with Crippen LogP contribution in [-0.4, -0.2) is 16.1 Å². The van der Waals surface area contributed by atoms with E-state index in [0.717, 1.165) is 6.20 Å². The second-order valence-corrected chi connectivity index (χ2v) is 3.84. The van der Waals surface area contributed by atoms with E-state index in [-0.39, 0.29) is 20.5 Å². The second kappa shape index (κ2) is 4.69. The van der Waals surface area contributed by atoms with Gasteiger partial charge in [0.1, 0.15) is 5.82 Å². The van der Waals surface area contributed by atoms with Gasteiger partial charge < -0.3 is 10.8 Å². The van der Waals surface area contributed by atoms with Gasteiger partial charge in [0.25, 0.3) is 6.43 Å². The molecule has 82 valence electrons. The van der Waals surface area contributed by atoms with Crippen molar-refractivity contribution in [1.82, 2.24) is 4.98 Å². The minimum atomic E-state index is -2.75. The van der Waals surface area contributed by atoms with E-state index in [9.17, 15) is 13.6 Å². The molecule has 1 heterocycles. The Morgan fingerprint density at radius 3 is 2.73 bits per heavy atom. The molecule has 0 aliphatic rings. The van der Waals surface area contributed by atoms with E-state index in [1.165, 1.54) is 0 Å². The molecule has 0 saturated carbocycles. The molecule has 0 bridgehead atoms. The number of nitrogen functional groups attached to an aromatic ring is 1. The topological polar surface area (TPSA) is 76.2 Å². The predicted octanol–water partition coefficient (Wildman–Crippen LogP) is 1.83. The summed E-state index contributed by atoms with van der Waals surface area (Å²) in [5.41, 5.74) is 5.06. The number of anilines is 1. The molecule has 0 spiro atoms. The Balaban J connectivity index is 3.28. The van der Waals surface area contributed by atoms with E-state index in [2.05, 4.69) is 4.98 Å². The maximum Gasteiger partial charge on any atom is 0.307 e. The van der Waals surface area contributed by atoms with Crippen LogP contribution in [0, 0.1) is 3.57 Å². The van der Waals surface area contributed by atoms with Gasteiger partial charge >= 0.3 is 5.97 Å². The molecule has 1 rings (SSSR count). The van der Waals surface area contributed by atoms with Gasteiger partial charge in [-0.15, -0.1) is 0 Å². The first-order valence-corrected chi connectivity index (χ1v) is 4.94. The third-order valence-corrected chi connectivity index (χ3v) is 2.95. The number of aliphatic carboxylic acids is 1. The Morgan fingerprint density at radius 2 is 2.27 bits per heavy atom. The largest absolute Gasteiger partial charge is 0.481 e. The number of halogens is 3. The third-order valence-electron chi connectivity index (χ3n) is 1.74. The maximum atomic E-state index is 12.5. The van der Waals surface area contributed by atoms with Gasteiger partial charge in [-0.2, -0.15) is 0 Å². The van der Waals surface area contributed by atoms with Crippen LogP contribution in [0.1, 0.15) is 17.6 Å². The molecule has 3 N–H and O–H groups in total. The van der Waals surface area contributed by atoms with Crippen LogP contribution < -0.4 is 5.73 Å². The van der Waals surface area contributed by atoms with Crippen molar-refractivity contribution in [2.24, 2.45) is 0 Å². The number of carboxylic acid groups (broad SMARTS) is 1. The molecular weight excluding hydrogens is 321 g/mol. The highest BCUT2D eigenvalue weighted by molar-refractivity contribution is 14.1. The van der Waals surface area contributed by atoms with Crippen molar-refractivity contribution in [3.63, 3.8) is 0 Å². The fourth-order valence-electron chi connectivity index (χ4n) is 1.07. The van der Waals surface area contributed by atoms with Crippen molar-refractivity contribution >= 4 is 34.4 Å². The highest BCUT2D eigenvalue weighted by atomic mass is 127. The second-order valence-electron chi connectivity index (χ2n) is 2.76. The van der Waals surface area contributed by atoms with Crippen molar-refractivity contribution in [1.29, 1.82) is 0 Å². The Kier molecular flexibility index (Phi) is 3.77. The predicted molar refractivity (Wildman–Crippen MR) is 57.7 cm³/mol. The lowest BCUT2D eigenvalue weighted by atomic mass is 10.1. The van der Waals surface area contributed by atoms with Crippen LogP contribution in [0.3, 0.4) is 0 Å². The van der Waals surface area contributed by atoms with Gasteiger partial charge in [0.05, 0.1) is 9.99 Å². The van der Waals surface area contributed by atoms with E-state index in [1.54, 1.807) is 22.6 Å². The summed E-state index contributed by atoms with van der Waals surface area (Å²) in [7, 11) is 0. The van der Waals surface area contributed by atoms with E-state index in [4.69, 9.17) is 10.8 Å². The van der Waals surface area contributed by atoms with E-state index >= 15 is 0 Å². The molecule has 0 amide bonds. The molecule has 4 nitrogen and oxygen atoms in total. The summed E-state index contributed by atoms with van der Waals surface area (Å²) in [6, 6.07) is 0. The Labute approximate surface area is 97.6 Å². The summed E-state index contributed by atoms with van der Waals surface area (Å²) >= 11 is 1.71. The summed E-state index contributed by atoms with van der Waals surface area (Å²) in [6.45, 7) is 0. The van der Waals surface area contributed by atoms with Crippen LogP contribution in [0.4, 0.5) is 14.6 Å². The summed E-state index contributed by atoms with van der Waals surface area (Å²) in [6.07, 6.45) is -2.31. The monoisotopic (exact) mass is 328 g/mol. The van der Waals surface area contributed by atoms with Crippen molar-refractivity contribution in [3.05, 3.63) is 20.9 Å². The minimum absolute atomic E-state index is 0.0330. The lowest BCUT2D eigenvalue weighted by molar-refractivity contribution is -0.136. The third kappa shape index (κ3) is 2.74. The van der Waals surface area contributed by atoms with E-state index in [1.807, 2.05) is 0 Å². The normalized spacial score (nSPS) is 10.7. The zero-order valence-electron chi connectivity index (χ0n) is 7.38. The SMILES string of the molecule is Nc1ncc(C(F)F)c(CC(=O)O)c1I. The standard InChI is InChI=1S/C8H7F2IN2O2/c9-7(10)4-2-13-8(12)6(11)3(4)1-5(14)15/h2,7H,1H2,(H2,12,13)(H,14,15). The van der Waals surface area contributed by atoms with Crippen LogP contribution >= 0.6 is 22.6 Å². The van der Waals surface area contributed by atoms with Gasteiger partial charge in [0.2, 0.25) is 0 Å². The number of carbonyl (C=O) groups is 1. The summed E-state index contributed by atoms with van der Waals surface area (Å²) in [5.74, 6) is -1.11. The minimum Gasteiger partial charge on any atom is -0.481 e. The molecule has 0 unspecified atom stereocenters. The molecule has 0 atom stereocenters. The molecule has 7 heteroatoms. The number of nitrogens with two attached hydrogens (primary N) is 1. The fourth-order valence-corrected chi connectivity index (χ4v) is 1.72. The zero-order chi connectivity index (χ0) is 11.6. The molecule has 0 aromatic carbocycles. The maximum absolute atomic E-state index is 12.5. The van der Waals surface area contributed by atoms with Crippen molar-refractivity contribution in [3.8, 4) is 0 Å². The quantitative estimate of drug-likeness (QED) is 0.830. The van der Waals surface area contributed by atoms with Crippen LogP contribution in [0.15, 0.2) is 6.20 Å². The highest BCUT2D eigenvalue weighted by Gasteiger charge is 2.19. The smallest absolute Gasteiger partial charge is 0.307 e. The lowest BCUT2D eigenvalue weighted by Gasteiger charge is -2.10. The molecule has 1 aromatic heterocycles. The first-order chi connectivity index (χ1) is 6.93. The van der Waals surface area contributed by atoms with Crippen molar-refractivity contribution in [2.45, 2.75) is 12.8 Å². The van der Waals surface area contributed by atoms with Gasteiger partial charge in [0.15, 0.2) is 0 Å². The number of aromatic nitrogens is 1. The first-order valence-electron chi connectivity index (χ1n) is 3.86. The van der Waals surface area contributed by atoms with Gasteiger partial charge in [-0.05, 0) is 28.2 Å². The van der Waals surface area contributed by atoms with Crippen LogP contribution in [0.5, 0.6) is 0 Å². The van der Waals surface area contributed by atoms with Crippen molar-refractivity contribution in [2.75, 3.05) is 5.73 Å². The Bertz CT molecular complexity index is 398. The van der Waals surface area contributed by atoms with Crippen LogP contribution in [0.25, 0.3) is 0 Å². The molecule has 0 saturated heterocycles. The average Bonchev–Trinajstić information content (AvgIpc) is 2.12. The lowest BCUT2D eigenvalue weighted by Crippen LogP contribution is -2.09. The summed E-state index contributed by atoms with van der Waals surface area (Å²) < 4.78 is 25.3. The van der Waals surface area contributed by atoms with Crippen molar-refractivity contribution < 1.29 is 18.7 Å². The number of carboxylic acids is 1. The average molecular weight is 328 g/mol. The number of rotatable bonds is 3. The first kappa shape index (κ1) is 12.1. The number of nitrogens with zero attached hydrogens (tertiary/aromatic N) is 1. The molecule has 0 radical (unpaired) electrons. The fraction of sp³-hybridized carbons (Fsp3) is 0.250. The number of alkyl halides is 2. The zero-order valence-corrected chi connectivity index (χ0v) is 9.53. The molecule has 0 aliphatic carbocycles. The van der Waals surface area contributed by atoms with Crippen LogP contribution in [-0.2, 0) is 11.2 Å². The molecule has 1 aromatic rings. The number of pyridine rings is 1. The van der Waals surface area contributed by atoms with E-state index in [0.29, 0.717) is 0 Å². The van der Waals surface area contributed by atoms with Gasteiger partial charge in [0, 0.05) is 11.8 Å². The number of hydrogen-bond donors (Lipinski definition) is 2. The van der Waals surface area contributed by atoms with E-state index < -0.39 is 18.8 Å². The Morgan fingerprint density at radius 1 is 1.67 bits per heavy atom. The molecule has 0 fully saturated rings. The van der Waals surface area contributed by atoms with Gasteiger partial charge in [-0.25, -0.2) is 13.8 Å². The van der Waals surface area contributed by atoms with Crippen LogP contribution in [0.2, 0.25) is 0 Å². The van der Waals surface area contributed by atoms with Gasteiger partial charge in [-0.1, -0.05) is 0 Å². The van der Waals surface area contributed by atoms with Gasteiger partial charge in [-0.3, -0.25) is 4.79 Å².